The lowest BCUT2D eigenvalue weighted by Gasteiger charge is -2.18. The Morgan fingerprint density at radius 2 is 1.93 bits per heavy atom. The lowest BCUT2D eigenvalue weighted by Crippen LogP contribution is -2.12. The van der Waals surface area contributed by atoms with Crippen molar-refractivity contribution >= 4 is 15.8 Å². The lowest BCUT2D eigenvalue weighted by molar-refractivity contribution is -0.137. The standard InChI is InChI=1S/C31H35NO7S/c1-4-40(35,36)12-6-11-37-22-13-19(2)31(20(3)14-22)25-8-5-7-24-23(25)9-10-27(24)39-29-16-28-26(17-32-29)21(18-38-28)15-30(33)34/h5,7-8,13-14,16-17,21,27H,4,6,9-12,15,18H2,1-3H3,(H,33,34). The highest BCUT2D eigenvalue weighted by molar-refractivity contribution is 7.91. The smallest absolute Gasteiger partial charge is 0.304 e. The van der Waals surface area contributed by atoms with Crippen LogP contribution in [-0.2, 0) is 21.1 Å². The minimum absolute atomic E-state index is 0.0168. The largest absolute Gasteiger partial charge is 0.494 e. The number of ether oxygens (including phenoxy) is 3. The van der Waals surface area contributed by atoms with Crippen molar-refractivity contribution < 1.29 is 32.5 Å². The van der Waals surface area contributed by atoms with Crippen LogP contribution in [-0.4, -0.2) is 49.2 Å². The molecule has 3 aromatic rings. The van der Waals surface area contributed by atoms with Crippen LogP contribution in [0.4, 0.5) is 0 Å². The number of rotatable bonds is 11. The Balaban J connectivity index is 1.31. The molecule has 0 amide bonds. The van der Waals surface area contributed by atoms with Crippen molar-refractivity contribution in [3.63, 3.8) is 0 Å². The fourth-order valence-corrected chi connectivity index (χ4v) is 6.60. The molecule has 0 spiro atoms. The highest BCUT2D eigenvalue weighted by Gasteiger charge is 2.30. The number of sulfone groups is 1. The van der Waals surface area contributed by atoms with E-state index in [0.29, 0.717) is 31.3 Å². The van der Waals surface area contributed by atoms with Crippen molar-refractivity contribution in [1.29, 1.82) is 0 Å². The number of benzene rings is 2. The molecule has 8 nitrogen and oxygen atoms in total. The first-order chi connectivity index (χ1) is 19.1. The maximum Gasteiger partial charge on any atom is 0.304 e. The number of nitrogens with zero attached hydrogens (tertiary/aromatic N) is 1. The third kappa shape index (κ3) is 5.94. The molecule has 40 heavy (non-hydrogen) atoms. The van der Waals surface area contributed by atoms with E-state index >= 15 is 0 Å². The normalized spacial score (nSPS) is 17.7. The molecule has 2 aromatic carbocycles. The van der Waals surface area contributed by atoms with Gasteiger partial charge in [-0.05, 0) is 78.6 Å². The highest BCUT2D eigenvalue weighted by atomic mass is 32.2. The predicted molar refractivity (Wildman–Crippen MR) is 152 cm³/mol. The fraction of sp³-hybridized carbons (Fsp3) is 0.419. The average molecular weight is 566 g/mol. The summed E-state index contributed by atoms with van der Waals surface area (Å²) in [7, 11) is -2.99. The summed E-state index contributed by atoms with van der Waals surface area (Å²) in [6, 6.07) is 12.1. The van der Waals surface area contributed by atoms with E-state index in [1.54, 1.807) is 19.2 Å². The summed E-state index contributed by atoms with van der Waals surface area (Å²) in [5.41, 5.74) is 7.77. The van der Waals surface area contributed by atoms with Crippen LogP contribution in [0.15, 0.2) is 42.6 Å². The molecular weight excluding hydrogens is 530 g/mol. The van der Waals surface area contributed by atoms with Crippen LogP contribution in [0, 0.1) is 13.8 Å². The Bertz CT molecular complexity index is 1510. The van der Waals surface area contributed by atoms with E-state index in [1.165, 1.54) is 16.7 Å². The van der Waals surface area contributed by atoms with Gasteiger partial charge in [0, 0.05) is 29.5 Å². The second kappa shape index (κ2) is 11.5. The van der Waals surface area contributed by atoms with Gasteiger partial charge in [0.05, 0.1) is 25.4 Å². The van der Waals surface area contributed by atoms with Crippen LogP contribution in [0.2, 0.25) is 0 Å². The summed E-state index contributed by atoms with van der Waals surface area (Å²) < 4.78 is 41.4. The van der Waals surface area contributed by atoms with Crippen LogP contribution in [0.3, 0.4) is 0 Å². The van der Waals surface area contributed by atoms with Crippen molar-refractivity contribution in [1.82, 2.24) is 4.98 Å². The molecule has 2 unspecified atom stereocenters. The summed E-state index contributed by atoms with van der Waals surface area (Å²) >= 11 is 0. The Morgan fingerprint density at radius 3 is 2.65 bits per heavy atom. The van der Waals surface area contributed by atoms with Crippen molar-refractivity contribution in [3.8, 4) is 28.5 Å². The molecule has 2 atom stereocenters. The molecule has 2 heterocycles. The maximum atomic E-state index is 11.7. The van der Waals surface area contributed by atoms with E-state index in [9.17, 15) is 13.2 Å². The van der Waals surface area contributed by atoms with Crippen LogP contribution >= 0.6 is 0 Å². The zero-order chi connectivity index (χ0) is 28.4. The number of hydrogen-bond donors (Lipinski definition) is 1. The van der Waals surface area contributed by atoms with Gasteiger partial charge >= 0.3 is 5.97 Å². The molecule has 0 saturated heterocycles. The minimum atomic E-state index is -2.99. The fourth-order valence-electron chi connectivity index (χ4n) is 5.75. The molecule has 212 valence electrons. The van der Waals surface area contributed by atoms with Crippen LogP contribution in [0.1, 0.15) is 66.0 Å². The summed E-state index contributed by atoms with van der Waals surface area (Å²) in [5, 5.41) is 9.14. The third-order valence-corrected chi connectivity index (χ3v) is 9.52. The Morgan fingerprint density at radius 1 is 1.15 bits per heavy atom. The predicted octanol–water partition coefficient (Wildman–Crippen LogP) is 5.59. The molecule has 1 aliphatic heterocycles. The summed E-state index contributed by atoms with van der Waals surface area (Å²) in [6.45, 7) is 6.51. The zero-order valence-corrected chi connectivity index (χ0v) is 23.9. The Labute approximate surface area is 235 Å². The van der Waals surface area contributed by atoms with E-state index in [1.807, 2.05) is 12.1 Å². The van der Waals surface area contributed by atoms with Gasteiger partial charge in [-0.2, -0.15) is 0 Å². The van der Waals surface area contributed by atoms with Crippen molar-refractivity contribution in [2.24, 2.45) is 0 Å². The molecule has 0 saturated carbocycles. The molecule has 5 rings (SSSR count). The first-order valence-corrected chi connectivity index (χ1v) is 15.5. The first kappa shape index (κ1) is 28.0. The van der Waals surface area contributed by atoms with Crippen molar-refractivity contribution in [3.05, 3.63) is 70.4 Å². The van der Waals surface area contributed by atoms with Crippen LogP contribution in [0.5, 0.6) is 17.4 Å². The average Bonchev–Trinajstić information content (AvgIpc) is 3.50. The quantitative estimate of drug-likeness (QED) is 0.300. The number of aromatic nitrogens is 1. The number of pyridine rings is 1. The van der Waals surface area contributed by atoms with Crippen molar-refractivity contribution in [2.75, 3.05) is 24.7 Å². The molecule has 0 radical (unpaired) electrons. The van der Waals surface area contributed by atoms with E-state index in [0.717, 1.165) is 40.8 Å². The van der Waals surface area contributed by atoms with Gasteiger partial charge in [0.2, 0.25) is 5.88 Å². The molecule has 0 bridgehead atoms. The summed E-state index contributed by atoms with van der Waals surface area (Å²) in [4.78, 5) is 15.6. The number of carbonyl (C=O) groups is 1. The van der Waals surface area contributed by atoms with E-state index in [2.05, 4.69) is 37.0 Å². The van der Waals surface area contributed by atoms with Gasteiger partial charge < -0.3 is 19.3 Å². The monoisotopic (exact) mass is 565 g/mol. The molecular formula is C31H35NO7S. The molecule has 2 aliphatic rings. The molecule has 1 N–H and O–H groups in total. The van der Waals surface area contributed by atoms with Gasteiger partial charge in [0.1, 0.15) is 27.4 Å². The molecule has 9 heteroatoms. The van der Waals surface area contributed by atoms with Crippen molar-refractivity contribution in [2.45, 2.75) is 58.5 Å². The number of fused-ring (bicyclic) bond motifs is 2. The Hall–Kier alpha value is -3.59. The summed E-state index contributed by atoms with van der Waals surface area (Å²) in [5.74, 6) is 1.11. The third-order valence-electron chi connectivity index (χ3n) is 7.73. The van der Waals surface area contributed by atoms with E-state index in [-0.39, 0.29) is 29.9 Å². The number of carboxylic acid groups (broad SMARTS) is 1. The Kier molecular flexibility index (Phi) is 8.03. The van der Waals surface area contributed by atoms with E-state index < -0.39 is 15.8 Å². The molecule has 1 aliphatic carbocycles. The number of aryl methyl sites for hydroxylation is 2. The van der Waals surface area contributed by atoms with Gasteiger partial charge in [-0.15, -0.1) is 0 Å². The molecule has 0 fully saturated rings. The second-order valence-corrected chi connectivity index (χ2v) is 13.0. The first-order valence-electron chi connectivity index (χ1n) is 13.7. The number of hydrogen-bond acceptors (Lipinski definition) is 7. The van der Waals surface area contributed by atoms with Gasteiger partial charge in [0.15, 0.2) is 0 Å². The minimum Gasteiger partial charge on any atom is -0.494 e. The van der Waals surface area contributed by atoms with Gasteiger partial charge in [-0.3, -0.25) is 4.79 Å². The van der Waals surface area contributed by atoms with Crippen LogP contribution < -0.4 is 14.2 Å². The number of aliphatic carboxylic acids is 1. The van der Waals surface area contributed by atoms with Gasteiger partial charge in [-0.25, -0.2) is 13.4 Å². The maximum absolute atomic E-state index is 11.7. The van der Waals surface area contributed by atoms with Gasteiger partial charge in [0.25, 0.3) is 0 Å². The van der Waals surface area contributed by atoms with E-state index in [4.69, 9.17) is 19.3 Å². The van der Waals surface area contributed by atoms with Crippen LogP contribution in [0.25, 0.3) is 11.1 Å². The molecule has 1 aromatic heterocycles. The number of carboxylic acids is 1. The highest BCUT2D eigenvalue weighted by Crippen LogP contribution is 2.43. The SMILES string of the molecule is CCS(=O)(=O)CCCOc1cc(C)c(-c2cccc3c2CCC3Oc2cc3c(cn2)C(CC(=O)O)CO3)c(C)c1. The summed E-state index contributed by atoms with van der Waals surface area (Å²) in [6.07, 6.45) is 3.73. The zero-order valence-electron chi connectivity index (χ0n) is 23.1. The lowest BCUT2D eigenvalue weighted by atomic mass is 9.90. The topological polar surface area (TPSA) is 112 Å². The second-order valence-electron chi connectivity index (χ2n) is 10.6. The van der Waals surface area contributed by atoms with Gasteiger partial charge in [-0.1, -0.05) is 25.1 Å².